The molecule has 9 aromatic carbocycles. The zero-order valence-electron chi connectivity index (χ0n) is 49.3. The van der Waals surface area contributed by atoms with Crippen LogP contribution in [0.3, 0.4) is 0 Å². The molecule has 0 fully saturated rings. The van der Waals surface area contributed by atoms with Gasteiger partial charge < -0.3 is 9.47 Å². The smallest absolute Gasteiger partial charge is 0.169 e. The third-order valence-corrected chi connectivity index (χ3v) is 16.0. The minimum atomic E-state index is -1.22. The molecule has 0 spiro atoms. The van der Waals surface area contributed by atoms with Crippen LogP contribution in [0.25, 0.3) is 24.3 Å². The minimum Gasteiger partial charge on any atom is -0.493 e. The number of hydrogen-bond acceptors (Lipinski definition) is 2. The Hall–Kier alpha value is -9.51. The first kappa shape index (κ1) is 59.1. The van der Waals surface area contributed by atoms with E-state index in [0.29, 0.717) is 13.2 Å². The number of nitrogens with zero attached hydrogens (tertiary/aromatic N) is 2. The summed E-state index contributed by atoms with van der Waals surface area (Å²) in [5.74, 6) is 1.77. The number of aromatic nitrogens is 2. The van der Waals surface area contributed by atoms with Crippen LogP contribution in [0.5, 0.6) is 11.5 Å². The van der Waals surface area contributed by atoms with E-state index in [1.54, 1.807) is 0 Å². The van der Waals surface area contributed by atoms with Crippen LogP contribution in [-0.2, 0) is 14.1 Å². The molecule has 0 saturated heterocycles. The summed E-state index contributed by atoms with van der Waals surface area (Å²) in [5, 5.41) is 0. The summed E-state index contributed by atoms with van der Waals surface area (Å²) in [6, 6.07) is 99.7. The summed E-state index contributed by atoms with van der Waals surface area (Å²) >= 11 is 0. The molecular formula is C78H78B2N2O2. The summed E-state index contributed by atoms with van der Waals surface area (Å²) in [5.41, 5.74) is 15.1. The number of pyridine rings is 2. The Labute approximate surface area is 500 Å². The molecule has 0 bridgehead atoms. The van der Waals surface area contributed by atoms with Crippen molar-refractivity contribution < 1.29 is 18.6 Å². The third kappa shape index (κ3) is 14.7. The van der Waals surface area contributed by atoms with Crippen molar-refractivity contribution in [3.8, 4) is 11.5 Å². The van der Waals surface area contributed by atoms with Crippen LogP contribution in [-0.4, -0.2) is 25.5 Å². The maximum atomic E-state index is 6.23. The Morgan fingerprint density at radius 1 is 0.298 bits per heavy atom. The van der Waals surface area contributed by atoms with E-state index >= 15 is 0 Å². The Kier molecular flexibility index (Phi) is 21.5. The molecule has 0 unspecified atom stereocenters. The number of rotatable bonds is 20. The maximum Gasteiger partial charge on any atom is 0.169 e. The molecule has 0 aliphatic rings. The highest BCUT2D eigenvalue weighted by atomic mass is 16.5. The van der Waals surface area contributed by atoms with Gasteiger partial charge in [-0.15, -0.1) is 0 Å². The minimum absolute atomic E-state index is 0.701. The van der Waals surface area contributed by atoms with Gasteiger partial charge in [-0.2, -0.15) is 43.7 Å². The van der Waals surface area contributed by atoms with Gasteiger partial charge in [-0.1, -0.05) is 294 Å². The van der Waals surface area contributed by atoms with Crippen LogP contribution >= 0.6 is 0 Å². The molecule has 6 heteroatoms. The molecule has 0 atom stereocenters. The van der Waals surface area contributed by atoms with Crippen LogP contribution in [0, 0.1) is 0 Å². The summed E-state index contributed by atoms with van der Waals surface area (Å²) in [7, 11) is 4.05. The topological polar surface area (TPSA) is 26.2 Å². The molecule has 4 nitrogen and oxygen atoms in total. The number of ether oxygens (including phenoxy) is 2. The second-order valence-electron chi connectivity index (χ2n) is 21.6. The summed E-state index contributed by atoms with van der Waals surface area (Å²) < 4.78 is 16.5. The molecule has 0 aliphatic heterocycles. The number of hydrogen-bond donors (Lipinski definition) is 0. The van der Waals surface area contributed by atoms with E-state index in [9.17, 15) is 0 Å². The Morgan fingerprint density at radius 2 is 0.512 bits per heavy atom. The first-order chi connectivity index (χ1) is 41.4. The standard InChI is InChI=1S/C30H38N2O2.2C24H20B/c1-5-7-21-33-29-23-28(12-10-26-15-19-32(4)20-16-26)30(34-22-8-6-2)24-27(29)11-9-25-13-17-31(3)18-14-25;2*1-5-13-21(14-6-1)25(22-15-7-2-8-16-22,23-17-9-3-10-18-23)24-19-11-4-12-20-24/h9-20,23-24H,5-8,21-22H2,1-4H3;2*1-20H/q+2;2*-1/b11-9+,12-10+;;. The van der Waals surface area contributed by atoms with Crippen LogP contribution in [0.4, 0.5) is 0 Å². The number of benzene rings is 9. The summed E-state index contributed by atoms with van der Waals surface area (Å²) in [4.78, 5) is 0. The third-order valence-electron chi connectivity index (χ3n) is 16.0. The van der Waals surface area contributed by atoms with Crippen molar-refractivity contribution in [1.29, 1.82) is 0 Å². The molecule has 0 radical (unpaired) electrons. The van der Waals surface area contributed by atoms with Gasteiger partial charge in [-0.05, 0) is 36.1 Å². The lowest BCUT2D eigenvalue weighted by Gasteiger charge is -2.44. The molecule has 11 rings (SSSR count). The fourth-order valence-corrected chi connectivity index (χ4v) is 11.6. The van der Waals surface area contributed by atoms with Crippen LogP contribution in [0.15, 0.2) is 304 Å². The predicted molar refractivity (Wildman–Crippen MR) is 360 cm³/mol. The fraction of sp³-hybridized carbons (Fsp3) is 0.128. The SMILES string of the molecule is CCCCOc1cc(/C=C/c2cc[n+](C)cc2)c(OCCCC)cc1/C=C/c1cc[n+](C)cc1.c1ccc([B-](c2ccccc2)(c2ccccc2)c2ccccc2)cc1.c1ccc([B-](c2ccccc2)(c2ccccc2)c2ccccc2)cc1. The zero-order chi connectivity index (χ0) is 58.1. The van der Waals surface area contributed by atoms with E-state index in [4.69, 9.17) is 9.47 Å². The first-order valence-corrected chi connectivity index (χ1v) is 29.9. The second kappa shape index (κ2) is 30.5. The van der Waals surface area contributed by atoms with Gasteiger partial charge in [0.05, 0.1) is 13.2 Å². The first-order valence-electron chi connectivity index (χ1n) is 29.9. The van der Waals surface area contributed by atoms with Crippen molar-refractivity contribution in [2.24, 2.45) is 14.1 Å². The number of aryl methyl sites for hydroxylation is 2. The highest BCUT2D eigenvalue weighted by molar-refractivity contribution is 7.20. The Bertz CT molecular complexity index is 3140. The molecule has 0 N–H and O–H groups in total. The van der Waals surface area contributed by atoms with E-state index in [0.717, 1.165) is 59.4 Å². The molecule has 11 aromatic rings. The van der Waals surface area contributed by atoms with Gasteiger partial charge in [0.2, 0.25) is 0 Å². The normalized spacial score (nSPS) is 11.3. The van der Waals surface area contributed by atoms with Crippen molar-refractivity contribution in [3.63, 3.8) is 0 Å². The molecule has 0 saturated carbocycles. The number of unbranched alkanes of at least 4 members (excludes halogenated alkanes) is 2. The monoisotopic (exact) mass is 1100 g/mol. The molecular weight excluding hydrogens is 1020 g/mol. The van der Waals surface area contributed by atoms with Gasteiger partial charge >= 0.3 is 0 Å². The molecule has 2 heterocycles. The van der Waals surface area contributed by atoms with Crippen molar-refractivity contribution in [2.45, 2.75) is 39.5 Å². The molecule has 84 heavy (non-hydrogen) atoms. The van der Waals surface area contributed by atoms with Gasteiger partial charge in [-0.3, -0.25) is 0 Å². The lowest BCUT2D eigenvalue weighted by molar-refractivity contribution is -0.671. The van der Waals surface area contributed by atoms with Crippen molar-refractivity contribution >= 4 is 80.3 Å². The average Bonchev–Trinajstić information content (AvgIpc) is 2.90. The Balaban J connectivity index is 0.000000154. The van der Waals surface area contributed by atoms with Crippen LogP contribution < -0.4 is 62.3 Å². The van der Waals surface area contributed by atoms with E-state index in [1.807, 2.05) is 23.2 Å². The van der Waals surface area contributed by atoms with Gasteiger partial charge in [0, 0.05) is 35.4 Å². The Morgan fingerprint density at radius 3 is 0.714 bits per heavy atom. The van der Waals surface area contributed by atoms with Gasteiger partial charge in [-0.25, -0.2) is 9.13 Å². The average molecular weight is 1100 g/mol. The van der Waals surface area contributed by atoms with Gasteiger partial charge in [0.25, 0.3) is 0 Å². The largest absolute Gasteiger partial charge is 0.493 e. The van der Waals surface area contributed by atoms with Crippen LogP contribution in [0.2, 0.25) is 0 Å². The fourth-order valence-electron chi connectivity index (χ4n) is 11.6. The zero-order valence-corrected chi connectivity index (χ0v) is 49.3. The van der Waals surface area contributed by atoms with E-state index in [2.05, 4.69) is 342 Å². The lowest BCUT2D eigenvalue weighted by Crippen LogP contribution is -2.74. The van der Waals surface area contributed by atoms with E-state index in [1.165, 1.54) is 43.7 Å². The molecule has 2 aromatic heterocycles. The van der Waals surface area contributed by atoms with Gasteiger partial charge in [0.15, 0.2) is 24.8 Å². The predicted octanol–water partition coefficient (Wildman–Crippen LogP) is 12.2. The summed E-state index contributed by atoms with van der Waals surface area (Å²) in [6.07, 6.45) is 18.5. The second-order valence-corrected chi connectivity index (χ2v) is 21.6. The van der Waals surface area contributed by atoms with Crippen LogP contribution in [0.1, 0.15) is 61.8 Å². The van der Waals surface area contributed by atoms with Gasteiger partial charge in [0.1, 0.15) is 37.9 Å². The van der Waals surface area contributed by atoms with Crippen molar-refractivity contribution in [1.82, 2.24) is 0 Å². The quantitative estimate of drug-likeness (QED) is 0.0432. The van der Waals surface area contributed by atoms with Crippen molar-refractivity contribution in [2.75, 3.05) is 13.2 Å². The molecule has 0 aliphatic carbocycles. The van der Waals surface area contributed by atoms with E-state index in [-0.39, 0.29) is 0 Å². The molecule has 418 valence electrons. The summed E-state index contributed by atoms with van der Waals surface area (Å²) in [6.45, 7) is 5.76. The van der Waals surface area contributed by atoms with E-state index < -0.39 is 12.3 Å². The lowest BCUT2D eigenvalue weighted by atomic mass is 9.13. The molecule has 0 amide bonds. The van der Waals surface area contributed by atoms with Crippen molar-refractivity contribution in [3.05, 3.63) is 326 Å². The maximum absolute atomic E-state index is 6.23. The highest BCUT2D eigenvalue weighted by Gasteiger charge is 2.32. The highest BCUT2D eigenvalue weighted by Crippen LogP contribution is 2.33.